The van der Waals surface area contributed by atoms with E-state index in [4.69, 9.17) is 23.2 Å². The molecule has 0 bridgehead atoms. The van der Waals surface area contributed by atoms with E-state index in [1.165, 1.54) is 0 Å². The van der Waals surface area contributed by atoms with Crippen molar-refractivity contribution in [1.82, 2.24) is 10.3 Å². The molecular weight excluding hydrogens is 295 g/mol. The molecule has 0 aliphatic rings. The van der Waals surface area contributed by atoms with E-state index in [2.05, 4.69) is 10.3 Å². The average Bonchev–Trinajstić information content (AvgIpc) is 2.45. The zero-order valence-corrected chi connectivity index (χ0v) is 12.3. The molecule has 1 N–H and O–H groups in total. The maximum atomic E-state index is 11.8. The molecule has 0 aliphatic heterocycles. The minimum absolute atomic E-state index is 0.00664. The number of carbonyl (C=O) groups excluding carboxylic acids is 1. The average molecular weight is 309 g/mol. The Morgan fingerprint density at radius 1 is 1.15 bits per heavy atom. The van der Waals surface area contributed by atoms with Crippen molar-refractivity contribution in [3.63, 3.8) is 0 Å². The molecule has 5 heteroatoms. The summed E-state index contributed by atoms with van der Waals surface area (Å²) in [5.74, 6) is -0.00664. The summed E-state index contributed by atoms with van der Waals surface area (Å²) in [6.07, 6.45) is 4.40. The van der Waals surface area contributed by atoms with Crippen LogP contribution in [0.4, 0.5) is 0 Å². The predicted molar refractivity (Wildman–Crippen MR) is 80.9 cm³/mol. The highest BCUT2D eigenvalue weighted by atomic mass is 35.5. The zero-order valence-electron chi connectivity index (χ0n) is 10.8. The molecule has 2 aromatic rings. The molecular formula is C15H14Cl2N2O. The molecule has 2 rings (SSSR count). The third kappa shape index (κ3) is 4.51. The van der Waals surface area contributed by atoms with Gasteiger partial charge in [-0.2, -0.15) is 0 Å². The van der Waals surface area contributed by atoms with Crippen molar-refractivity contribution in [2.45, 2.75) is 19.4 Å². The van der Waals surface area contributed by atoms with Crippen LogP contribution in [0.15, 0.2) is 42.7 Å². The van der Waals surface area contributed by atoms with Crippen LogP contribution < -0.4 is 5.32 Å². The lowest BCUT2D eigenvalue weighted by Gasteiger charge is -2.06. The second-order valence-electron chi connectivity index (χ2n) is 4.37. The quantitative estimate of drug-likeness (QED) is 0.916. The smallest absolute Gasteiger partial charge is 0.220 e. The molecule has 1 amide bonds. The first-order valence-corrected chi connectivity index (χ1v) is 7.00. The fourth-order valence-electron chi connectivity index (χ4n) is 1.76. The molecule has 0 atom stereocenters. The van der Waals surface area contributed by atoms with E-state index in [0.29, 0.717) is 29.4 Å². The maximum absolute atomic E-state index is 11.8. The summed E-state index contributed by atoms with van der Waals surface area (Å²) in [5.41, 5.74) is 1.95. The van der Waals surface area contributed by atoms with Gasteiger partial charge in [0.2, 0.25) is 5.91 Å². The summed E-state index contributed by atoms with van der Waals surface area (Å²) in [6, 6.07) is 9.05. The molecule has 0 spiro atoms. The Labute approximate surface area is 127 Å². The van der Waals surface area contributed by atoms with Gasteiger partial charge in [-0.3, -0.25) is 9.78 Å². The van der Waals surface area contributed by atoms with Crippen molar-refractivity contribution in [3.05, 3.63) is 63.9 Å². The summed E-state index contributed by atoms with van der Waals surface area (Å²) >= 11 is 11.9. The number of rotatable bonds is 5. The number of nitrogens with zero attached hydrogens (tertiary/aromatic N) is 1. The molecule has 1 aromatic carbocycles. The van der Waals surface area contributed by atoms with Crippen molar-refractivity contribution < 1.29 is 4.79 Å². The summed E-state index contributed by atoms with van der Waals surface area (Å²) in [7, 11) is 0. The van der Waals surface area contributed by atoms with Crippen LogP contribution in [0.5, 0.6) is 0 Å². The Morgan fingerprint density at radius 2 is 1.90 bits per heavy atom. The molecule has 0 saturated heterocycles. The van der Waals surface area contributed by atoms with Gasteiger partial charge in [-0.25, -0.2) is 0 Å². The highest BCUT2D eigenvalue weighted by Gasteiger charge is 2.05. The highest BCUT2D eigenvalue weighted by Crippen LogP contribution is 2.21. The number of nitrogens with one attached hydrogen (secondary N) is 1. The second-order valence-corrected chi connectivity index (χ2v) is 5.21. The first-order chi connectivity index (χ1) is 9.65. The Morgan fingerprint density at radius 3 is 2.60 bits per heavy atom. The highest BCUT2D eigenvalue weighted by molar-refractivity contribution is 6.35. The normalized spacial score (nSPS) is 10.3. The monoisotopic (exact) mass is 308 g/mol. The first-order valence-electron chi connectivity index (χ1n) is 6.24. The van der Waals surface area contributed by atoms with E-state index in [0.717, 1.165) is 11.1 Å². The number of aryl methyl sites for hydroxylation is 1. The third-order valence-corrected chi connectivity index (χ3v) is 3.46. The van der Waals surface area contributed by atoms with Gasteiger partial charge in [-0.15, -0.1) is 0 Å². The van der Waals surface area contributed by atoms with Crippen molar-refractivity contribution >= 4 is 29.1 Å². The van der Waals surface area contributed by atoms with E-state index in [1.54, 1.807) is 24.5 Å². The predicted octanol–water partition coefficient (Wildman–Crippen LogP) is 3.64. The van der Waals surface area contributed by atoms with Crippen LogP contribution in [-0.4, -0.2) is 10.9 Å². The van der Waals surface area contributed by atoms with E-state index < -0.39 is 0 Å². The van der Waals surface area contributed by atoms with E-state index >= 15 is 0 Å². The number of pyridine rings is 1. The number of carbonyl (C=O) groups is 1. The van der Waals surface area contributed by atoms with Gasteiger partial charge in [0.15, 0.2) is 0 Å². The Bertz CT molecular complexity index is 588. The molecule has 3 nitrogen and oxygen atoms in total. The lowest BCUT2D eigenvalue weighted by molar-refractivity contribution is -0.121. The van der Waals surface area contributed by atoms with Crippen molar-refractivity contribution in [3.8, 4) is 0 Å². The molecule has 0 radical (unpaired) electrons. The number of aromatic nitrogens is 1. The van der Waals surface area contributed by atoms with Crippen LogP contribution in [-0.2, 0) is 17.8 Å². The minimum Gasteiger partial charge on any atom is -0.352 e. The van der Waals surface area contributed by atoms with Gasteiger partial charge >= 0.3 is 0 Å². The molecule has 104 valence electrons. The van der Waals surface area contributed by atoms with Crippen LogP contribution in [0, 0.1) is 0 Å². The number of hydrogen-bond donors (Lipinski definition) is 1. The summed E-state index contributed by atoms with van der Waals surface area (Å²) in [6.45, 7) is 0.510. The summed E-state index contributed by atoms with van der Waals surface area (Å²) < 4.78 is 0. The van der Waals surface area contributed by atoms with Gasteiger partial charge < -0.3 is 5.32 Å². The topological polar surface area (TPSA) is 42.0 Å². The lowest BCUT2D eigenvalue weighted by Crippen LogP contribution is -2.23. The Hall–Kier alpha value is -1.58. The van der Waals surface area contributed by atoms with Crippen LogP contribution >= 0.6 is 23.2 Å². The SMILES string of the molecule is O=C(CCc1ccc(Cl)cc1Cl)NCc1ccncc1. The number of amides is 1. The minimum atomic E-state index is -0.00664. The van der Waals surface area contributed by atoms with Crippen molar-refractivity contribution in [1.29, 1.82) is 0 Å². The fourth-order valence-corrected chi connectivity index (χ4v) is 2.27. The van der Waals surface area contributed by atoms with Crippen LogP contribution in [0.3, 0.4) is 0 Å². The fraction of sp³-hybridized carbons (Fsp3) is 0.200. The van der Waals surface area contributed by atoms with E-state index in [1.807, 2.05) is 18.2 Å². The largest absolute Gasteiger partial charge is 0.352 e. The standard InChI is InChI=1S/C15H14Cl2N2O/c16-13-3-1-12(14(17)9-13)2-4-15(20)19-10-11-5-7-18-8-6-11/h1,3,5-9H,2,4,10H2,(H,19,20). The van der Waals surface area contributed by atoms with E-state index in [-0.39, 0.29) is 5.91 Å². The van der Waals surface area contributed by atoms with Gasteiger partial charge in [0.1, 0.15) is 0 Å². The molecule has 0 saturated carbocycles. The van der Waals surface area contributed by atoms with Gasteiger partial charge in [-0.1, -0.05) is 29.3 Å². The molecule has 0 fully saturated rings. The maximum Gasteiger partial charge on any atom is 0.220 e. The van der Waals surface area contributed by atoms with Gasteiger partial charge in [0, 0.05) is 35.4 Å². The Kier molecular flexibility index (Phi) is 5.39. The third-order valence-electron chi connectivity index (χ3n) is 2.88. The summed E-state index contributed by atoms with van der Waals surface area (Å²) in [4.78, 5) is 15.7. The van der Waals surface area contributed by atoms with Crippen LogP contribution in [0.2, 0.25) is 10.0 Å². The molecule has 0 unspecified atom stereocenters. The van der Waals surface area contributed by atoms with Crippen molar-refractivity contribution in [2.24, 2.45) is 0 Å². The molecule has 0 aliphatic carbocycles. The second kappa shape index (κ2) is 7.27. The van der Waals surface area contributed by atoms with Gasteiger partial charge in [0.25, 0.3) is 0 Å². The summed E-state index contributed by atoms with van der Waals surface area (Å²) in [5, 5.41) is 4.06. The van der Waals surface area contributed by atoms with Gasteiger partial charge in [0.05, 0.1) is 0 Å². The molecule has 1 aromatic heterocycles. The number of halogens is 2. The first kappa shape index (κ1) is 14.8. The molecule has 1 heterocycles. The molecule has 20 heavy (non-hydrogen) atoms. The van der Waals surface area contributed by atoms with Gasteiger partial charge in [-0.05, 0) is 41.8 Å². The number of benzene rings is 1. The van der Waals surface area contributed by atoms with Crippen LogP contribution in [0.1, 0.15) is 17.5 Å². The van der Waals surface area contributed by atoms with E-state index in [9.17, 15) is 4.79 Å². The van der Waals surface area contributed by atoms with Crippen LogP contribution in [0.25, 0.3) is 0 Å². The van der Waals surface area contributed by atoms with Crippen molar-refractivity contribution in [2.75, 3.05) is 0 Å². The number of hydrogen-bond acceptors (Lipinski definition) is 2. The lowest BCUT2D eigenvalue weighted by atomic mass is 10.1. The zero-order chi connectivity index (χ0) is 14.4. The Balaban J connectivity index is 1.80.